The zero-order chi connectivity index (χ0) is 22.7. The van der Waals surface area contributed by atoms with Gasteiger partial charge in [0.1, 0.15) is 11.4 Å². The summed E-state index contributed by atoms with van der Waals surface area (Å²) in [4.78, 5) is 25.4. The van der Waals surface area contributed by atoms with Crippen LogP contribution in [0.15, 0.2) is 76.0 Å². The molecule has 32 heavy (non-hydrogen) atoms. The van der Waals surface area contributed by atoms with E-state index < -0.39 is 17.6 Å². The summed E-state index contributed by atoms with van der Waals surface area (Å²) in [6.07, 6.45) is 0. The number of thioether (sulfide) groups is 1. The molecule has 0 saturated heterocycles. The lowest BCUT2D eigenvalue weighted by Gasteiger charge is -2.09. The van der Waals surface area contributed by atoms with Gasteiger partial charge >= 0.3 is 0 Å². The Hall–Kier alpha value is -3.29. The highest BCUT2D eigenvalue weighted by molar-refractivity contribution is 7.98. The molecule has 2 N–H and O–H groups in total. The van der Waals surface area contributed by atoms with Crippen LogP contribution >= 0.6 is 23.4 Å². The maximum atomic E-state index is 13.9. The predicted octanol–water partition coefficient (Wildman–Crippen LogP) is 6.73. The van der Waals surface area contributed by atoms with Crippen molar-refractivity contribution in [2.75, 3.05) is 10.6 Å². The maximum absolute atomic E-state index is 13.9. The summed E-state index contributed by atoms with van der Waals surface area (Å²) < 4.78 is 19.8. The van der Waals surface area contributed by atoms with E-state index in [0.29, 0.717) is 22.0 Å². The van der Waals surface area contributed by atoms with Crippen LogP contribution in [-0.2, 0) is 10.5 Å². The molecule has 0 aliphatic rings. The molecule has 0 saturated carbocycles. The van der Waals surface area contributed by atoms with Crippen molar-refractivity contribution in [1.82, 2.24) is 0 Å². The molecule has 4 rings (SSSR count). The van der Waals surface area contributed by atoms with Gasteiger partial charge in [0.05, 0.1) is 5.69 Å². The summed E-state index contributed by atoms with van der Waals surface area (Å²) >= 11 is 7.51. The number of nitrogens with one attached hydrogen (secondary N) is 2. The van der Waals surface area contributed by atoms with Gasteiger partial charge in [-0.1, -0.05) is 29.8 Å². The molecule has 0 atom stereocenters. The number of fused-ring (bicyclic) bond motifs is 1. The van der Waals surface area contributed by atoms with Crippen molar-refractivity contribution >= 4 is 57.5 Å². The highest BCUT2D eigenvalue weighted by Gasteiger charge is 2.21. The summed E-state index contributed by atoms with van der Waals surface area (Å²) in [5.74, 6) is -0.790. The summed E-state index contributed by atoms with van der Waals surface area (Å²) in [6.45, 7) is 1.28. The molecule has 8 heteroatoms. The molecule has 2 amide bonds. The third-order valence-electron chi connectivity index (χ3n) is 4.64. The van der Waals surface area contributed by atoms with E-state index in [2.05, 4.69) is 10.6 Å². The predicted molar refractivity (Wildman–Crippen MR) is 126 cm³/mol. The molecule has 3 aromatic carbocycles. The SMILES string of the molecule is CC(=O)Nc1cc(NC(=O)c2oc3ccccc3c2CSc2ccc(Cl)cc2)ccc1F. The van der Waals surface area contributed by atoms with Gasteiger partial charge in [-0.3, -0.25) is 9.59 Å². The van der Waals surface area contributed by atoms with Gasteiger partial charge in [-0.05, 0) is 48.5 Å². The number of hydrogen-bond acceptors (Lipinski definition) is 4. The molecular formula is C24H18ClFN2O3S. The number of amides is 2. The Balaban J connectivity index is 1.62. The van der Waals surface area contributed by atoms with Crippen LogP contribution in [0.4, 0.5) is 15.8 Å². The first-order valence-corrected chi connectivity index (χ1v) is 11.0. The first-order valence-electron chi connectivity index (χ1n) is 9.68. The largest absolute Gasteiger partial charge is 0.451 e. The Kier molecular flexibility index (Phi) is 6.48. The van der Waals surface area contributed by atoms with E-state index in [1.54, 1.807) is 17.8 Å². The molecule has 0 aliphatic carbocycles. The molecule has 162 valence electrons. The number of hydrogen-bond donors (Lipinski definition) is 2. The maximum Gasteiger partial charge on any atom is 0.291 e. The third-order valence-corrected chi connectivity index (χ3v) is 5.93. The van der Waals surface area contributed by atoms with Crippen molar-refractivity contribution in [3.05, 3.63) is 88.9 Å². The van der Waals surface area contributed by atoms with Crippen LogP contribution in [0.25, 0.3) is 11.0 Å². The second-order valence-corrected chi connectivity index (χ2v) is 8.46. The van der Waals surface area contributed by atoms with E-state index >= 15 is 0 Å². The standard InChI is InChI=1S/C24H18ClFN2O3S/c1-14(29)27-21-12-16(8-11-20(21)26)28-24(30)23-19(18-4-2-3-5-22(18)31-23)13-32-17-9-6-15(25)7-10-17/h2-12H,13H2,1H3,(H,27,29)(H,28,30). The second-order valence-electron chi connectivity index (χ2n) is 6.98. The van der Waals surface area contributed by atoms with E-state index in [1.165, 1.54) is 25.1 Å². The minimum absolute atomic E-state index is 0.0153. The smallest absolute Gasteiger partial charge is 0.291 e. The molecule has 5 nitrogen and oxygen atoms in total. The fraction of sp³-hybridized carbons (Fsp3) is 0.0833. The van der Waals surface area contributed by atoms with Crippen molar-refractivity contribution < 1.29 is 18.4 Å². The molecule has 0 radical (unpaired) electrons. The van der Waals surface area contributed by atoms with Crippen LogP contribution in [0.5, 0.6) is 0 Å². The Bertz CT molecular complexity index is 1300. The Morgan fingerprint density at radius 1 is 1.03 bits per heavy atom. The molecule has 0 unspecified atom stereocenters. The second kappa shape index (κ2) is 9.46. The van der Waals surface area contributed by atoms with E-state index in [9.17, 15) is 14.0 Å². The van der Waals surface area contributed by atoms with Gasteiger partial charge in [0, 0.05) is 39.2 Å². The normalized spacial score (nSPS) is 10.8. The number of furan rings is 1. The van der Waals surface area contributed by atoms with E-state index in [-0.39, 0.29) is 11.4 Å². The van der Waals surface area contributed by atoms with Gasteiger partial charge in [0.25, 0.3) is 5.91 Å². The van der Waals surface area contributed by atoms with E-state index in [1.807, 2.05) is 42.5 Å². The van der Waals surface area contributed by atoms with Gasteiger partial charge < -0.3 is 15.1 Å². The summed E-state index contributed by atoms with van der Waals surface area (Å²) in [6, 6.07) is 18.8. The highest BCUT2D eigenvalue weighted by Crippen LogP contribution is 2.33. The molecule has 0 fully saturated rings. The average Bonchev–Trinajstić information content (AvgIpc) is 3.14. The average molecular weight is 469 g/mol. The molecule has 0 bridgehead atoms. The van der Waals surface area contributed by atoms with Crippen molar-refractivity contribution in [2.45, 2.75) is 17.6 Å². The van der Waals surface area contributed by atoms with E-state index in [0.717, 1.165) is 15.8 Å². The van der Waals surface area contributed by atoms with Gasteiger partial charge in [-0.2, -0.15) is 0 Å². The Morgan fingerprint density at radius 2 is 1.78 bits per heavy atom. The van der Waals surface area contributed by atoms with Crippen molar-refractivity contribution in [1.29, 1.82) is 0 Å². The number of carbonyl (C=O) groups excluding carboxylic acids is 2. The Labute approximate surface area is 192 Å². The molecule has 0 aliphatic heterocycles. The molecule has 1 aromatic heterocycles. The minimum atomic E-state index is -0.595. The van der Waals surface area contributed by atoms with Gasteiger partial charge in [0.15, 0.2) is 5.76 Å². The number of halogens is 2. The summed E-state index contributed by atoms with van der Waals surface area (Å²) in [7, 11) is 0. The highest BCUT2D eigenvalue weighted by atomic mass is 35.5. The number of rotatable bonds is 6. The molecular weight excluding hydrogens is 451 g/mol. The number of benzene rings is 3. The van der Waals surface area contributed by atoms with Gasteiger partial charge in [-0.25, -0.2) is 4.39 Å². The van der Waals surface area contributed by atoms with Gasteiger partial charge in [-0.15, -0.1) is 11.8 Å². The van der Waals surface area contributed by atoms with Crippen LogP contribution in [0.3, 0.4) is 0 Å². The monoisotopic (exact) mass is 468 g/mol. The fourth-order valence-electron chi connectivity index (χ4n) is 3.19. The molecule has 1 heterocycles. The zero-order valence-electron chi connectivity index (χ0n) is 16.9. The summed E-state index contributed by atoms with van der Waals surface area (Å²) in [5.41, 5.74) is 1.67. The van der Waals surface area contributed by atoms with Crippen molar-refractivity contribution in [2.24, 2.45) is 0 Å². The van der Waals surface area contributed by atoms with Crippen LogP contribution in [0, 0.1) is 5.82 Å². The lowest BCUT2D eigenvalue weighted by Crippen LogP contribution is -2.14. The third kappa shape index (κ3) is 4.95. The summed E-state index contributed by atoms with van der Waals surface area (Å²) in [5, 5.41) is 6.63. The number of anilines is 2. The zero-order valence-corrected chi connectivity index (χ0v) is 18.5. The lowest BCUT2D eigenvalue weighted by molar-refractivity contribution is -0.114. The van der Waals surface area contributed by atoms with Gasteiger partial charge in [0.2, 0.25) is 5.91 Å². The van der Waals surface area contributed by atoms with Crippen molar-refractivity contribution in [3.63, 3.8) is 0 Å². The van der Waals surface area contributed by atoms with Crippen LogP contribution in [0.2, 0.25) is 5.02 Å². The number of carbonyl (C=O) groups is 2. The van der Waals surface area contributed by atoms with Crippen LogP contribution in [-0.4, -0.2) is 11.8 Å². The van der Waals surface area contributed by atoms with Crippen molar-refractivity contribution in [3.8, 4) is 0 Å². The first kappa shape index (κ1) is 21.9. The first-order chi connectivity index (χ1) is 15.4. The minimum Gasteiger partial charge on any atom is -0.451 e. The molecule has 0 spiro atoms. The Morgan fingerprint density at radius 3 is 2.53 bits per heavy atom. The van der Waals surface area contributed by atoms with Crippen LogP contribution in [0.1, 0.15) is 23.0 Å². The number of para-hydroxylation sites is 1. The topological polar surface area (TPSA) is 71.3 Å². The lowest BCUT2D eigenvalue weighted by atomic mass is 10.1. The molecule has 4 aromatic rings. The fourth-order valence-corrected chi connectivity index (χ4v) is 4.24. The van der Waals surface area contributed by atoms with Crippen LogP contribution < -0.4 is 10.6 Å². The van der Waals surface area contributed by atoms with E-state index in [4.69, 9.17) is 16.0 Å². The quantitative estimate of drug-likeness (QED) is 0.308.